The molecule has 108 valence electrons. The van der Waals surface area contributed by atoms with Crippen molar-refractivity contribution in [2.45, 2.75) is 38.4 Å². The fourth-order valence-corrected chi connectivity index (χ4v) is 2.48. The molecule has 1 rings (SSSR count). The summed E-state index contributed by atoms with van der Waals surface area (Å²) in [5, 5.41) is 3.66. The van der Waals surface area contributed by atoms with Crippen molar-refractivity contribution in [3.05, 3.63) is 33.3 Å². The molecule has 0 heterocycles. The molecule has 0 aliphatic carbocycles. The number of hydrogen-bond acceptors (Lipinski definition) is 1. The van der Waals surface area contributed by atoms with Crippen LogP contribution in [0.3, 0.4) is 0 Å². The summed E-state index contributed by atoms with van der Waals surface area (Å²) in [6.07, 6.45) is -4.09. The molecule has 1 aromatic carbocycles. The van der Waals surface area contributed by atoms with E-state index in [0.717, 1.165) is 16.5 Å². The Morgan fingerprint density at radius 1 is 1.37 bits per heavy atom. The molecule has 0 spiro atoms. The molecule has 1 nitrogen and oxygen atoms in total. The molecule has 0 bridgehead atoms. The summed E-state index contributed by atoms with van der Waals surface area (Å²) in [6, 6.07) is 4.81. The monoisotopic (exact) mass is 357 g/mol. The van der Waals surface area contributed by atoms with Crippen molar-refractivity contribution < 1.29 is 13.2 Å². The molecule has 1 N–H and O–H groups in total. The highest BCUT2D eigenvalue weighted by Crippen LogP contribution is 2.32. The smallest absolute Gasteiger partial charge is 0.310 e. The van der Waals surface area contributed by atoms with Crippen LogP contribution in [0.15, 0.2) is 22.7 Å². The number of benzene rings is 1. The Bertz CT molecular complexity index is 409. The van der Waals surface area contributed by atoms with Crippen molar-refractivity contribution in [3.63, 3.8) is 0 Å². The second-order valence-corrected chi connectivity index (χ2v) is 5.62. The lowest BCUT2D eigenvalue weighted by atomic mass is 10.0. The lowest BCUT2D eigenvalue weighted by molar-refractivity contribution is -0.136. The summed E-state index contributed by atoms with van der Waals surface area (Å²) in [5.74, 6) is 0. The predicted molar refractivity (Wildman–Crippen MR) is 75.5 cm³/mol. The third-order valence-corrected chi connectivity index (χ3v) is 3.65. The van der Waals surface area contributed by atoms with E-state index in [2.05, 4.69) is 21.2 Å². The molecule has 0 saturated heterocycles. The molecule has 0 aliphatic rings. The quantitative estimate of drug-likeness (QED) is 0.709. The van der Waals surface area contributed by atoms with Gasteiger partial charge in [0.25, 0.3) is 0 Å². The molecular formula is C13H16BrClF3N. The van der Waals surface area contributed by atoms with E-state index in [1.165, 1.54) is 0 Å². The molecule has 1 aromatic rings. The maximum Gasteiger partial charge on any atom is 0.389 e. The van der Waals surface area contributed by atoms with Crippen molar-refractivity contribution in [2.24, 2.45) is 0 Å². The first-order valence-electron chi connectivity index (χ1n) is 6.08. The predicted octanol–water partition coefficient (Wildman–Crippen LogP) is 5.49. The van der Waals surface area contributed by atoms with Crippen molar-refractivity contribution in [1.29, 1.82) is 0 Å². The SMILES string of the molecule is CCCNC(CCC(F)(F)F)c1cc(Cl)ccc1Br. The van der Waals surface area contributed by atoms with E-state index in [1.807, 2.05) is 6.92 Å². The van der Waals surface area contributed by atoms with E-state index >= 15 is 0 Å². The molecule has 0 aromatic heterocycles. The molecule has 1 unspecified atom stereocenters. The minimum Gasteiger partial charge on any atom is -0.310 e. The number of hydrogen-bond donors (Lipinski definition) is 1. The Labute approximate surface area is 124 Å². The van der Waals surface area contributed by atoms with Gasteiger partial charge in [-0.2, -0.15) is 13.2 Å². The standard InChI is InChI=1S/C13H16BrClF3N/c1-2-7-19-12(5-6-13(16,17)18)10-8-9(15)3-4-11(10)14/h3-4,8,12,19H,2,5-7H2,1H3. The van der Waals surface area contributed by atoms with Crippen LogP contribution < -0.4 is 5.32 Å². The van der Waals surface area contributed by atoms with Crippen molar-refractivity contribution >= 4 is 27.5 Å². The highest BCUT2D eigenvalue weighted by atomic mass is 79.9. The van der Waals surface area contributed by atoms with Crippen LogP contribution in [-0.4, -0.2) is 12.7 Å². The van der Waals surface area contributed by atoms with E-state index in [-0.39, 0.29) is 12.5 Å². The summed E-state index contributed by atoms with van der Waals surface area (Å²) >= 11 is 9.28. The number of halogens is 5. The second-order valence-electron chi connectivity index (χ2n) is 4.33. The van der Waals surface area contributed by atoms with E-state index in [9.17, 15) is 13.2 Å². The van der Waals surface area contributed by atoms with Gasteiger partial charge < -0.3 is 5.32 Å². The van der Waals surface area contributed by atoms with Gasteiger partial charge in [0.05, 0.1) is 0 Å². The zero-order chi connectivity index (χ0) is 14.5. The van der Waals surface area contributed by atoms with Crippen LogP contribution in [0, 0.1) is 0 Å². The van der Waals surface area contributed by atoms with Crippen LogP contribution in [0.25, 0.3) is 0 Å². The maximum atomic E-state index is 12.4. The van der Waals surface area contributed by atoms with Gasteiger partial charge in [0.15, 0.2) is 0 Å². The molecule has 0 fully saturated rings. The van der Waals surface area contributed by atoms with Crippen LogP contribution >= 0.6 is 27.5 Å². The van der Waals surface area contributed by atoms with Crippen molar-refractivity contribution in [3.8, 4) is 0 Å². The van der Waals surface area contributed by atoms with Gasteiger partial charge >= 0.3 is 6.18 Å². The van der Waals surface area contributed by atoms with Gasteiger partial charge in [-0.15, -0.1) is 0 Å². The highest BCUT2D eigenvalue weighted by Gasteiger charge is 2.29. The average molecular weight is 359 g/mol. The van der Waals surface area contributed by atoms with Crippen molar-refractivity contribution in [2.75, 3.05) is 6.54 Å². The molecule has 0 amide bonds. The number of rotatable bonds is 6. The molecule has 0 radical (unpaired) electrons. The summed E-state index contributed by atoms with van der Waals surface area (Å²) < 4.78 is 37.9. The lowest BCUT2D eigenvalue weighted by Gasteiger charge is -2.21. The molecule has 19 heavy (non-hydrogen) atoms. The van der Waals surface area contributed by atoms with Crippen LogP contribution in [0.5, 0.6) is 0 Å². The normalized spacial score (nSPS) is 13.6. The third-order valence-electron chi connectivity index (χ3n) is 2.69. The fourth-order valence-electron chi connectivity index (χ4n) is 1.78. The Hall–Kier alpha value is -0.260. The number of nitrogens with one attached hydrogen (secondary N) is 1. The first-order valence-corrected chi connectivity index (χ1v) is 7.25. The molecule has 6 heteroatoms. The first kappa shape index (κ1) is 16.8. The Morgan fingerprint density at radius 2 is 2.05 bits per heavy atom. The van der Waals surface area contributed by atoms with Gasteiger partial charge in [-0.25, -0.2) is 0 Å². The van der Waals surface area contributed by atoms with E-state index in [0.29, 0.717) is 11.6 Å². The van der Waals surface area contributed by atoms with E-state index < -0.39 is 12.6 Å². The fraction of sp³-hybridized carbons (Fsp3) is 0.538. The van der Waals surface area contributed by atoms with Crippen LogP contribution in [0.1, 0.15) is 37.8 Å². The summed E-state index contributed by atoms with van der Waals surface area (Å²) in [7, 11) is 0. The van der Waals surface area contributed by atoms with Crippen molar-refractivity contribution in [1.82, 2.24) is 5.32 Å². The van der Waals surface area contributed by atoms with Crippen LogP contribution in [0.2, 0.25) is 5.02 Å². The number of alkyl halides is 3. The summed E-state index contributed by atoms with van der Waals surface area (Å²) in [5.41, 5.74) is 0.769. The first-order chi connectivity index (χ1) is 8.83. The summed E-state index contributed by atoms with van der Waals surface area (Å²) in [6.45, 7) is 2.64. The molecule has 0 saturated carbocycles. The maximum absolute atomic E-state index is 12.4. The summed E-state index contributed by atoms with van der Waals surface area (Å²) in [4.78, 5) is 0. The minimum absolute atomic E-state index is 0.00242. The zero-order valence-electron chi connectivity index (χ0n) is 10.5. The van der Waals surface area contributed by atoms with Gasteiger partial charge in [-0.1, -0.05) is 34.5 Å². The largest absolute Gasteiger partial charge is 0.389 e. The third kappa shape index (κ3) is 6.15. The van der Waals surface area contributed by atoms with E-state index in [4.69, 9.17) is 11.6 Å². The van der Waals surface area contributed by atoms with Gasteiger partial charge in [-0.3, -0.25) is 0 Å². The van der Waals surface area contributed by atoms with Crippen LogP contribution in [-0.2, 0) is 0 Å². The highest BCUT2D eigenvalue weighted by molar-refractivity contribution is 9.10. The van der Waals surface area contributed by atoms with Gasteiger partial charge in [-0.05, 0) is 43.1 Å². The topological polar surface area (TPSA) is 12.0 Å². The van der Waals surface area contributed by atoms with Gasteiger partial charge in [0.2, 0.25) is 0 Å². The molecule has 1 atom stereocenters. The minimum atomic E-state index is -4.14. The zero-order valence-corrected chi connectivity index (χ0v) is 12.9. The average Bonchev–Trinajstić information content (AvgIpc) is 2.32. The van der Waals surface area contributed by atoms with E-state index in [1.54, 1.807) is 18.2 Å². The van der Waals surface area contributed by atoms with Gasteiger partial charge in [0.1, 0.15) is 0 Å². The lowest BCUT2D eigenvalue weighted by Crippen LogP contribution is -2.24. The Kier molecular flexibility index (Phi) is 6.63. The van der Waals surface area contributed by atoms with Crippen LogP contribution in [0.4, 0.5) is 13.2 Å². The van der Waals surface area contributed by atoms with Gasteiger partial charge in [0, 0.05) is 22.0 Å². The molecular weight excluding hydrogens is 343 g/mol. The Morgan fingerprint density at radius 3 is 2.63 bits per heavy atom. The Balaban J connectivity index is 2.85. The second kappa shape index (κ2) is 7.50. The molecule has 0 aliphatic heterocycles.